The van der Waals surface area contributed by atoms with Gasteiger partial charge in [0.15, 0.2) is 0 Å². The number of aryl methyl sites for hydroxylation is 1. The van der Waals surface area contributed by atoms with E-state index >= 15 is 0 Å². The second kappa shape index (κ2) is 7.36. The van der Waals surface area contributed by atoms with E-state index in [1.807, 2.05) is 31.2 Å². The third-order valence-corrected chi connectivity index (χ3v) is 2.91. The molecule has 1 aromatic carbocycles. The van der Waals surface area contributed by atoms with Crippen LogP contribution in [0.2, 0.25) is 0 Å². The van der Waals surface area contributed by atoms with E-state index in [1.165, 1.54) is 0 Å². The maximum Gasteiger partial charge on any atom is 0.326 e. The molecule has 0 saturated carbocycles. The van der Waals surface area contributed by atoms with Crippen LogP contribution in [-0.2, 0) is 16.0 Å². The summed E-state index contributed by atoms with van der Waals surface area (Å²) in [7, 11) is 0. The van der Waals surface area contributed by atoms with Crippen molar-refractivity contribution < 1.29 is 14.7 Å². The Balaban J connectivity index is 2.60. The highest BCUT2D eigenvalue weighted by molar-refractivity contribution is 5.85. The molecule has 1 aromatic rings. The summed E-state index contributed by atoms with van der Waals surface area (Å²) in [6.45, 7) is 5.47. The van der Waals surface area contributed by atoms with Gasteiger partial charge in [0, 0.05) is 0 Å². The molecular formula is C15H19NO3. The first-order valence-corrected chi connectivity index (χ1v) is 6.22. The van der Waals surface area contributed by atoms with E-state index in [0.717, 1.165) is 11.1 Å². The van der Waals surface area contributed by atoms with E-state index in [0.29, 0.717) is 12.8 Å². The number of amides is 1. The molecule has 0 aliphatic heterocycles. The van der Waals surface area contributed by atoms with Crippen molar-refractivity contribution in [3.05, 3.63) is 48.0 Å². The van der Waals surface area contributed by atoms with E-state index in [2.05, 4.69) is 11.9 Å². The van der Waals surface area contributed by atoms with Gasteiger partial charge in [0.2, 0.25) is 5.91 Å². The number of carbonyl (C=O) groups is 2. The summed E-state index contributed by atoms with van der Waals surface area (Å²) in [5.74, 6) is -1.29. The quantitative estimate of drug-likeness (QED) is 0.738. The molecule has 4 heteroatoms. The lowest BCUT2D eigenvalue weighted by Crippen LogP contribution is -2.41. The highest BCUT2D eigenvalue weighted by Gasteiger charge is 2.19. The maximum absolute atomic E-state index is 11.8. The Labute approximate surface area is 113 Å². The molecule has 0 spiro atoms. The van der Waals surface area contributed by atoms with Crippen LogP contribution >= 0.6 is 0 Å². The van der Waals surface area contributed by atoms with E-state index in [-0.39, 0.29) is 12.3 Å². The van der Waals surface area contributed by atoms with Crippen LogP contribution < -0.4 is 5.32 Å². The van der Waals surface area contributed by atoms with E-state index in [1.54, 1.807) is 6.08 Å². The summed E-state index contributed by atoms with van der Waals surface area (Å²) in [6.07, 6.45) is 2.76. The molecule has 0 aliphatic carbocycles. The Morgan fingerprint density at radius 1 is 1.42 bits per heavy atom. The molecule has 1 amide bonds. The fourth-order valence-electron chi connectivity index (χ4n) is 1.77. The van der Waals surface area contributed by atoms with Gasteiger partial charge in [-0.2, -0.15) is 0 Å². The monoisotopic (exact) mass is 261 g/mol. The van der Waals surface area contributed by atoms with Crippen molar-refractivity contribution in [3.8, 4) is 0 Å². The van der Waals surface area contributed by atoms with Gasteiger partial charge < -0.3 is 10.4 Å². The Bertz CT molecular complexity index is 468. The normalized spacial score (nSPS) is 11.6. The summed E-state index contributed by atoms with van der Waals surface area (Å²) < 4.78 is 0. The summed E-state index contributed by atoms with van der Waals surface area (Å²) in [5, 5.41) is 11.6. The Morgan fingerprint density at radius 2 is 2.11 bits per heavy atom. The van der Waals surface area contributed by atoms with Crippen molar-refractivity contribution in [2.45, 2.75) is 32.2 Å². The van der Waals surface area contributed by atoms with Gasteiger partial charge in [0.05, 0.1) is 6.42 Å². The number of hydrogen-bond acceptors (Lipinski definition) is 2. The SMILES string of the molecule is C=CCCC(NC(=O)Cc1ccccc1C)C(=O)O. The third kappa shape index (κ3) is 4.95. The van der Waals surface area contributed by atoms with E-state index in [4.69, 9.17) is 5.11 Å². The molecule has 1 rings (SSSR count). The smallest absolute Gasteiger partial charge is 0.326 e. The first kappa shape index (κ1) is 15.0. The number of aliphatic carboxylic acids is 1. The Kier molecular flexibility index (Phi) is 5.79. The molecule has 0 radical (unpaired) electrons. The summed E-state index contributed by atoms with van der Waals surface area (Å²) >= 11 is 0. The van der Waals surface area contributed by atoms with Crippen molar-refractivity contribution in [1.82, 2.24) is 5.32 Å². The van der Waals surface area contributed by atoms with Gasteiger partial charge in [0.25, 0.3) is 0 Å². The van der Waals surface area contributed by atoms with Gasteiger partial charge in [-0.3, -0.25) is 4.79 Å². The van der Waals surface area contributed by atoms with Crippen molar-refractivity contribution >= 4 is 11.9 Å². The summed E-state index contributed by atoms with van der Waals surface area (Å²) in [6, 6.07) is 6.71. The lowest BCUT2D eigenvalue weighted by Gasteiger charge is -2.14. The summed E-state index contributed by atoms with van der Waals surface area (Å²) in [4.78, 5) is 22.9. The molecule has 0 bridgehead atoms. The average Bonchev–Trinajstić information content (AvgIpc) is 2.37. The molecule has 102 valence electrons. The molecule has 0 aliphatic rings. The fraction of sp³-hybridized carbons (Fsp3) is 0.333. The molecule has 19 heavy (non-hydrogen) atoms. The number of hydrogen-bond donors (Lipinski definition) is 2. The first-order valence-electron chi connectivity index (χ1n) is 6.22. The predicted octanol–water partition coefficient (Wildman–Crippen LogP) is 2.07. The first-order chi connectivity index (χ1) is 9.04. The second-order valence-electron chi connectivity index (χ2n) is 4.43. The Hall–Kier alpha value is -2.10. The number of rotatable bonds is 7. The highest BCUT2D eigenvalue weighted by atomic mass is 16.4. The number of carboxylic acids is 1. The molecular weight excluding hydrogens is 242 g/mol. The second-order valence-corrected chi connectivity index (χ2v) is 4.43. The van der Waals surface area contributed by atoms with Crippen LogP contribution in [0.1, 0.15) is 24.0 Å². The largest absolute Gasteiger partial charge is 0.480 e. The van der Waals surface area contributed by atoms with Crippen molar-refractivity contribution in [2.24, 2.45) is 0 Å². The van der Waals surface area contributed by atoms with Gasteiger partial charge in [-0.1, -0.05) is 30.3 Å². The zero-order valence-corrected chi connectivity index (χ0v) is 11.1. The van der Waals surface area contributed by atoms with Gasteiger partial charge in [-0.15, -0.1) is 6.58 Å². The minimum Gasteiger partial charge on any atom is -0.480 e. The van der Waals surface area contributed by atoms with Crippen LogP contribution in [-0.4, -0.2) is 23.0 Å². The standard InChI is InChI=1S/C15H19NO3/c1-3-4-9-13(15(18)19)16-14(17)10-12-8-6-5-7-11(12)2/h3,5-8,13H,1,4,9-10H2,2H3,(H,16,17)(H,18,19). The van der Waals surface area contributed by atoms with Crippen molar-refractivity contribution in [2.75, 3.05) is 0 Å². The molecule has 1 unspecified atom stereocenters. The highest BCUT2D eigenvalue weighted by Crippen LogP contribution is 2.08. The molecule has 0 heterocycles. The van der Waals surface area contributed by atoms with Crippen LogP contribution in [0.3, 0.4) is 0 Å². The van der Waals surface area contributed by atoms with Gasteiger partial charge in [-0.25, -0.2) is 4.79 Å². The summed E-state index contributed by atoms with van der Waals surface area (Å²) in [5.41, 5.74) is 1.93. The predicted molar refractivity (Wildman–Crippen MR) is 73.9 cm³/mol. The van der Waals surface area contributed by atoms with E-state index in [9.17, 15) is 9.59 Å². The zero-order chi connectivity index (χ0) is 14.3. The lowest BCUT2D eigenvalue weighted by molar-refractivity contribution is -0.141. The van der Waals surface area contributed by atoms with Gasteiger partial charge in [0.1, 0.15) is 6.04 Å². The van der Waals surface area contributed by atoms with Crippen LogP contribution in [0.25, 0.3) is 0 Å². The van der Waals surface area contributed by atoms with Crippen LogP contribution in [0, 0.1) is 6.92 Å². The number of carbonyl (C=O) groups excluding carboxylic acids is 1. The fourth-order valence-corrected chi connectivity index (χ4v) is 1.77. The van der Waals surface area contributed by atoms with Crippen molar-refractivity contribution in [1.29, 1.82) is 0 Å². The Morgan fingerprint density at radius 3 is 2.68 bits per heavy atom. The van der Waals surface area contributed by atoms with Crippen LogP contribution in [0.5, 0.6) is 0 Å². The van der Waals surface area contributed by atoms with Crippen molar-refractivity contribution in [3.63, 3.8) is 0 Å². The lowest BCUT2D eigenvalue weighted by atomic mass is 10.0. The minimum atomic E-state index is -1.01. The molecule has 2 N–H and O–H groups in total. The maximum atomic E-state index is 11.8. The molecule has 0 aromatic heterocycles. The zero-order valence-electron chi connectivity index (χ0n) is 11.1. The number of carboxylic acid groups (broad SMARTS) is 1. The third-order valence-electron chi connectivity index (χ3n) is 2.91. The van der Waals surface area contributed by atoms with E-state index < -0.39 is 12.0 Å². The molecule has 1 atom stereocenters. The topological polar surface area (TPSA) is 66.4 Å². The molecule has 0 saturated heterocycles. The number of benzene rings is 1. The van der Waals surface area contributed by atoms with Crippen LogP contribution in [0.4, 0.5) is 0 Å². The van der Waals surface area contributed by atoms with Gasteiger partial charge >= 0.3 is 5.97 Å². The molecule has 0 fully saturated rings. The molecule has 4 nitrogen and oxygen atoms in total. The average molecular weight is 261 g/mol. The minimum absolute atomic E-state index is 0.199. The number of allylic oxidation sites excluding steroid dienone is 1. The van der Waals surface area contributed by atoms with Crippen LogP contribution in [0.15, 0.2) is 36.9 Å². The number of nitrogens with one attached hydrogen (secondary N) is 1. The van der Waals surface area contributed by atoms with Gasteiger partial charge in [-0.05, 0) is 30.9 Å².